The molecule has 33 heavy (non-hydrogen) atoms. The minimum atomic E-state index is -0.991. The van der Waals surface area contributed by atoms with Gasteiger partial charge in [0, 0.05) is 24.2 Å². The van der Waals surface area contributed by atoms with Crippen LogP contribution in [-0.4, -0.2) is 62.1 Å². The van der Waals surface area contributed by atoms with Crippen LogP contribution in [0.3, 0.4) is 0 Å². The first-order valence-electron chi connectivity index (χ1n) is 10.7. The predicted octanol–water partition coefficient (Wildman–Crippen LogP) is 4.03. The fourth-order valence-corrected chi connectivity index (χ4v) is 4.42. The number of rotatable bonds is 4. The van der Waals surface area contributed by atoms with Gasteiger partial charge in [-0.15, -0.1) is 0 Å². The molecule has 1 aliphatic heterocycles. The quantitative estimate of drug-likeness (QED) is 0.481. The third-order valence-electron chi connectivity index (χ3n) is 6.24. The number of likely N-dealkylation sites (N-methyl/N-ethyl adjacent to an activating group) is 1. The van der Waals surface area contributed by atoms with Crippen molar-refractivity contribution in [1.82, 2.24) is 24.9 Å². The number of nitrogens with zero attached hydrogens (tertiary/aromatic N) is 6. The fraction of sp³-hybridized carbons (Fsp3) is 0.304. The topological polar surface area (TPSA) is 101 Å². The monoisotopic (exact) mass is 466 g/mol. The Kier molecular flexibility index (Phi) is 5.51. The van der Waals surface area contributed by atoms with Crippen molar-refractivity contribution in [1.29, 1.82) is 0 Å². The van der Waals surface area contributed by atoms with E-state index >= 15 is 0 Å². The van der Waals surface area contributed by atoms with Crippen molar-refractivity contribution in [3.63, 3.8) is 0 Å². The fourth-order valence-electron chi connectivity index (χ4n) is 4.25. The van der Waals surface area contributed by atoms with E-state index in [4.69, 9.17) is 21.0 Å². The molecule has 4 aromatic rings. The lowest BCUT2D eigenvalue weighted by Crippen LogP contribution is -2.35. The summed E-state index contributed by atoms with van der Waals surface area (Å²) in [6.45, 7) is 3.41. The standard InChI is InChI=1S/C23H23ClN6O3/c1-14-7-10-29(23-27-19-11-15(24)3-6-21(19)33-23)20(13-28(14)2)18-12-16(30-25-8-9-26-30)4-5-17(18)22(31)32/h3-6,8-9,11-12,14,20H,7,10,13H2,1-2H3,(H,31,32)/t14-,20?/m1/s1. The highest BCUT2D eigenvalue weighted by Crippen LogP contribution is 2.35. The first-order valence-corrected chi connectivity index (χ1v) is 11.1. The second-order valence-corrected chi connectivity index (χ2v) is 8.73. The van der Waals surface area contributed by atoms with Crippen LogP contribution < -0.4 is 4.90 Å². The average molecular weight is 467 g/mol. The maximum atomic E-state index is 12.2. The van der Waals surface area contributed by atoms with E-state index in [1.165, 1.54) is 4.80 Å². The number of oxazole rings is 1. The van der Waals surface area contributed by atoms with E-state index < -0.39 is 5.97 Å². The number of hydrogen-bond donors (Lipinski definition) is 1. The van der Waals surface area contributed by atoms with E-state index in [1.807, 2.05) is 13.1 Å². The Hall–Kier alpha value is -3.43. The molecule has 0 spiro atoms. The first kappa shape index (κ1) is 21.4. The molecule has 2 aromatic carbocycles. The van der Waals surface area contributed by atoms with Crippen LogP contribution in [-0.2, 0) is 0 Å². The number of carbonyl (C=O) groups is 1. The van der Waals surface area contributed by atoms with Crippen LogP contribution in [0.4, 0.5) is 6.01 Å². The number of carboxylic acid groups (broad SMARTS) is 1. The van der Waals surface area contributed by atoms with Crippen LogP contribution in [0, 0.1) is 0 Å². The summed E-state index contributed by atoms with van der Waals surface area (Å²) in [4.78, 5) is 22.6. The summed E-state index contributed by atoms with van der Waals surface area (Å²) in [5, 5.41) is 19.0. The molecule has 0 saturated carbocycles. The Morgan fingerprint density at radius 2 is 1.97 bits per heavy atom. The first-order chi connectivity index (χ1) is 15.9. The maximum Gasteiger partial charge on any atom is 0.336 e. The number of carboxylic acids is 1. The molecule has 1 unspecified atom stereocenters. The van der Waals surface area contributed by atoms with Gasteiger partial charge in [-0.25, -0.2) is 4.79 Å². The normalized spacial score (nSPS) is 19.7. The summed E-state index contributed by atoms with van der Waals surface area (Å²) in [7, 11) is 2.05. The summed E-state index contributed by atoms with van der Waals surface area (Å²) in [5.74, 6) is -0.991. The third-order valence-corrected chi connectivity index (χ3v) is 6.47. The van der Waals surface area contributed by atoms with Gasteiger partial charge in [0.05, 0.1) is 29.7 Å². The third kappa shape index (κ3) is 4.05. The van der Waals surface area contributed by atoms with Crippen LogP contribution >= 0.6 is 11.6 Å². The van der Waals surface area contributed by atoms with Gasteiger partial charge in [0.15, 0.2) is 5.58 Å². The van der Waals surface area contributed by atoms with Gasteiger partial charge in [-0.3, -0.25) is 0 Å². The Balaban J connectivity index is 1.66. The number of hydrogen-bond acceptors (Lipinski definition) is 7. The number of fused-ring (bicyclic) bond motifs is 1. The van der Waals surface area contributed by atoms with Gasteiger partial charge in [-0.2, -0.15) is 20.0 Å². The van der Waals surface area contributed by atoms with Crippen molar-refractivity contribution in [3.8, 4) is 5.69 Å². The van der Waals surface area contributed by atoms with Gasteiger partial charge >= 0.3 is 5.97 Å². The molecule has 1 saturated heterocycles. The summed E-state index contributed by atoms with van der Waals surface area (Å²) in [6, 6.07) is 10.9. The highest BCUT2D eigenvalue weighted by Gasteiger charge is 2.33. The molecule has 0 amide bonds. The molecule has 1 N–H and O–H groups in total. The van der Waals surface area contributed by atoms with Crippen molar-refractivity contribution in [3.05, 3.63) is 64.9 Å². The number of halogens is 1. The molecule has 1 fully saturated rings. The molecule has 0 radical (unpaired) electrons. The summed E-state index contributed by atoms with van der Waals surface area (Å²) in [6.07, 6.45) is 4.04. The molecule has 0 aliphatic carbocycles. The molecule has 1 aliphatic rings. The Labute approximate surface area is 195 Å². The van der Waals surface area contributed by atoms with E-state index in [0.717, 1.165) is 6.42 Å². The molecule has 5 rings (SSSR count). The maximum absolute atomic E-state index is 12.2. The molecule has 170 valence electrons. The SMILES string of the molecule is C[C@@H]1CCN(c2nc3cc(Cl)ccc3o2)C(c2cc(-n3nccn3)ccc2C(=O)O)CN1C. The number of aromatic carboxylic acids is 1. The highest BCUT2D eigenvalue weighted by atomic mass is 35.5. The molecule has 9 nitrogen and oxygen atoms in total. The van der Waals surface area contributed by atoms with Crippen molar-refractivity contribution in [2.75, 3.05) is 25.0 Å². The number of anilines is 1. The van der Waals surface area contributed by atoms with E-state index in [1.54, 1.807) is 42.7 Å². The van der Waals surface area contributed by atoms with Crippen LogP contribution in [0.5, 0.6) is 0 Å². The second-order valence-electron chi connectivity index (χ2n) is 8.29. The zero-order valence-electron chi connectivity index (χ0n) is 18.2. The molecule has 10 heteroatoms. The van der Waals surface area contributed by atoms with E-state index in [0.29, 0.717) is 52.5 Å². The summed E-state index contributed by atoms with van der Waals surface area (Å²) >= 11 is 6.14. The van der Waals surface area contributed by atoms with Crippen LogP contribution in [0.2, 0.25) is 5.02 Å². The molecule has 3 heterocycles. The molecular weight excluding hydrogens is 444 g/mol. The van der Waals surface area contributed by atoms with Gasteiger partial charge in [-0.1, -0.05) is 11.6 Å². The second kappa shape index (κ2) is 8.49. The lowest BCUT2D eigenvalue weighted by molar-refractivity contribution is 0.0694. The Bertz CT molecular complexity index is 1310. The van der Waals surface area contributed by atoms with Gasteiger partial charge in [0.1, 0.15) is 5.52 Å². The number of aromatic nitrogens is 4. The minimum absolute atomic E-state index is 0.225. The van der Waals surface area contributed by atoms with Crippen LogP contribution in [0.15, 0.2) is 53.2 Å². The van der Waals surface area contributed by atoms with Gasteiger partial charge in [-0.05, 0) is 62.4 Å². The zero-order chi connectivity index (χ0) is 23.1. The number of benzene rings is 2. The summed E-state index contributed by atoms with van der Waals surface area (Å²) < 4.78 is 6.10. The van der Waals surface area contributed by atoms with Crippen LogP contribution in [0.25, 0.3) is 16.8 Å². The molecular formula is C23H23ClN6O3. The van der Waals surface area contributed by atoms with Gasteiger partial charge in [0.2, 0.25) is 0 Å². The zero-order valence-corrected chi connectivity index (χ0v) is 19.0. The van der Waals surface area contributed by atoms with Gasteiger partial charge < -0.3 is 19.3 Å². The van der Waals surface area contributed by atoms with Crippen molar-refractivity contribution in [2.45, 2.75) is 25.4 Å². The highest BCUT2D eigenvalue weighted by molar-refractivity contribution is 6.31. The Morgan fingerprint density at radius 3 is 2.73 bits per heavy atom. The molecule has 2 atom stereocenters. The Morgan fingerprint density at radius 1 is 1.18 bits per heavy atom. The predicted molar refractivity (Wildman–Crippen MR) is 124 cm³/mol. The largest absolute Gasteiger partial charge is 0.478 e. The summed E-state index contributed by atoms with van der Waals surface area (Å²) in [5.41, 5.74) is 2.85. The smallest absolute Gasteiger partial charge is 0.336 e. The lowest BCUT2D eigenvalue weighted by atomic mass is 9.98. The van der Waals surface area contributed by atoms with Crippen molar-refractivity contribution in [2.24, 2.45) is 0 Å². The van der Waals surface area contributed by atoms with E-state index in [-0.39, 0.29) is 11.6 Å². The van der Waals surface area contributed by atoms with E-state index in [9.17, 15) is 9.90 Å². The van der Waals surface area contributed by atoms with Crippen molar-refractivity contribution < 1.29 is 14.3 Å². The van der Waals surface area contributed by atoms with Gasteiger partial charge in [0.25, 0.3) is 6.01 Å². The lowest BCUT2D eigenvalue weighted by Gasteiger charge is -2.31. The minimum Gasteiger partial charge on any atom is -0.478 e. The molecule has 2 aromatic heterocycles. The molecule has 0 bridgehead atoms. The average Bonchev–Trinajstić information content (AvgIpc) is 3.44. The van der Waals surface area contributed by atoms with Crippen molar-refractivity contribution >= 4 is 34.7 Å². The van der Waals surface area contributed by atoms with Crippen LogP contribution in [0.1, 0.15) is 35.3 Å². The van der Waals surface area contributed by atoms with E-state index in [2.05, 4.69) is 26.9 Å².